The lowest BCUT2D eigenvalue weighted by atomic mass is 9.92. The van der Waals surface area contributed by atoms with Crippen LogP contribution in [0.2, 0.25) is 0 Å². The molecule has 0 spiro atoms. The van der Waals surface area contributed by atoms with Gasteiger partial charge in [-0.25, -0.2) is 9.78 Å². The van der Waals surface area contributed by atoms with Crippen LogP contribution in [0.4, 0.5) is 10.5 Å². The minimum Gasteiger partial charge on any atom is -0.385 e. The topological polar surface area (TPSA) is 70.4 Å². The number of anilines is 1. The lowest BCUT2D eigenvalue weighted by molar-refractivity contribution is 0.0552. The molecule has 1 aromatic heterocycles. The third-order valence-electron chi connectivity index (χ3n) is 4.79. The van der Waals surface area contributed by atoms with Gasteiger partial charge in [0.1, 0.15) is 11.9 Å². The van der Waals surface area contributed by atoms with Gasteiger partial charge in [-0.2, -0.15) is 0 Å². The van der Waals surface area contributed by atoms with Gasteiger partial charge in [-0.1, -0.05) is 6.07 Å². The standard InChI is InChI=1S/C19H26N4O2/c1-13-9-14(2)11-16(10-13)21-19(25)23-7-4-5-15(12-23)17(24)18-20-6-8-22(18)3/h6,8-11,15,17,24H,4-5,7,12H2,1-3H3,(H,21,25). The third kappa shape index (κ3) is 4.02. The molecule has 2 heterocycles. The molecular weight excluding hydrogens is 316 g/mol. The lowest BCUT2D eigenvalue weighted by Crippen LogP contribution is -2.44. The van der Waals surface area contributed by atoms with E-state index in [2.05, 4.69) is 16.4 Å². The maximum atomic E-state index is 12.6. The highest BCUT2D eigenvalue weighted by atomic mass is 16.3. The fourth-order valence-electron chi connectivity index (χ4n) is 3.57. The molecule has 2 N–H and O–H groups in total. The summed E-state index contributed by atoms with van der Waals surface area (Å²) < 4.78 is 1.83. The predicted octanol–water partition coefficient (Wildman–Crippen LogP) is 3.01. The van der Waals surface area contributed by atoms with E-state index in [1.807, 2.05) is 43.8 Å². The molecule has 1 aliphatic heterocycles. The molecule has 134 valence electrons. The van der Waals surface area contributed by atoms with Crippen molar-refractivity contribution in [3.63, 3.8) is 0 Å². The summed E-state index contributed by atoms with van der Waals surface area (Å²) in [5.41, 5.74) is 3.06. The molecule has 0 radical (unpaired) electrons. The Morgan fingerprint density at radius 1 is 1.32 bits per heavy atom. The molecule has 1 saturated heterocycles. The Morgan fingerprint density at radius 3 is 2.68 bits per heavy atom. The molecule has 2 unspecified atom stereocenters. The maximum absolute atomic E-state index is 12.6. The molecule has 3 rings (SSSR count). The van der Waals surface area contributed by atoms with Crippen molar-refractivity contribution in [2.45, 2.75) is 32.8 Å². The summed E-state index contributed by atoms with van der Waals surface area (Å²) in [7, 11) is 1.87. The zero-order chi connectivity index (χ0) is 18.0. The minimum atomic E-state index is -0.656. The van der Waals surface area contributed by atoms with E-state index in [0.29, 0.717) is 18.9 Å². The maximum Gasteiger partial charge on any atom is 0.321 e. The van der Waals surface area contributed by atoms with Gasteiger partial charge >= 0.3 is 6.03 Å². The lowest BCUT2D eigenvalue weighted by Gasteiger charge is -2.34. The molecule has 1 aromatic carbocycles. The zero-order valence-electron chi connectivity index (χ0n) is 15.1. The van der Waals surface area contributed by atoms with Crippen molar-refractivity contribution in [1.29, 1.82) is 0 Å². The summed E-state index contributed by atoms with van der Waals surface area (Å²) in [6, 6.07) is 5.90. The van der Waals surface area contributed by atoms with E-state index < -0.39 is 6.10 Å². The van der Waals surface area contributed by atoms with Crippen LogP contribution in [0.15, 0.2) is 30.6 Å². The fourth-order valence-corrected chi connectivity index (χ4v) is 3.57. The number of rotatable bonds is 3. The summed E-state index contributed by atoms with van der Waals surface area (Å²) in [6.07, 6.45) is 4.63. The van der Waals surface area contributed by atoms with E-state index in [0.717, 1.165) is 29.7 Å². The Bertz CT molecular complexity index is 735. The Hall–Kier alpha value is -2.34. The smallest absolute Gasteiger partial charge is 0.321 e. The number of hydrogen-bond donors (Lipinski definition) is 2. The summed E-state index contributed by atoms with van der Waals surface area (Å²) >= 11 is 0. The van der Waals surface area contributed by atoms with E-state index in [4.69, 9.17) is 0 Å². The molecule has 2 atom stereocenters. The number of likely N-dealkylation sites (tertiary alicyclic amines) is 1. The fraction of sp³-hybridized carbons (Fsp3) is 0.474. The molecule has 6 nitrogen and oxygen atoms in total. The van der Waals surface area contributed by atoms with Gasteiger partial charge < -0.3 is 19.9 Å². The summed E-state index contributed by atoms with van der Waals surface area (Å²) in [5, 5.41) is 13.6. The van der Waals surface area contributed by atoms with Gasteiger partial charge in [0.25, 0.3) is 0 Å². The van der Waals surface area contributed by atoms with Gasteiger partial charge in [0, 0.05) is 44.1 Å². The number of aromatic nitrogens is 2. The number of aliphatic hydroxyl groups is 1. The number of piperidine rings is 1. The zero-order valence-corrected chi connectivity index (χ0v) is 15.1. The van der Waals surface area contributed by atoms with Crippen LogP contribution in [0.5, 0.6) is 0 Å². The van der Waals surface area contributed by atoms with Crippen molar-refractivity contribution in [3.05, 3.63) is 47.5 Å². The molecule has 0 bridgehead atoms. The van der Waals surface area contributed by atoms with E-state index >= 15 is 0 Å². The van der Waals surface area contributed by atoms with Gasteiger partial charge in [-0.05, 0) is 49.9 Å². The first-order valence-electron chi connectivity index (χ1n) is 8.73. The first kappa shape index (κ1) is 17.5. The second-order valence-corrected chi connectivity index (χ2v) is 7.00. The van der Waals surface area contributed by atoms with Crippen molar-refractivity contribution >= 4 is 11.7 Å². The molecule has 6 heteroatoms. The number of imidazole rings is 1. The highest BCUT2D eigenvalue weighted by Crippen LogP contribution is 2.29. The van der Waals surface area contributed by atoms with Gasteiger partial charge in [0.05, 0.1) is 0 Å². The Kier molecular flexibility index (Phi) is 5.08. The molecule has 1 fully saturated rings. The average molecular weight is 342 g/mol. The number of nitrogens with zero attached hydrogens (tertiary/aromatic N) is 3. The van der Waals surface area contributed by atoms with Gasteiger partial charge in [0.2, 0.25) is 0 Å². The van der Waals surface area contributed by atoms with Crippen LogP contribution in [-0.4, -0.2) is 38.7 Å². The van der Waals surface area contributed by atoms with Crippen molar-refractivity contribution in [1.82, 2.24) is 14.5 Å². The average Bonchev–Trinajstić information content (AvgIpc) is 2.99. The number of hydrogen-bond acceptors (Lipinski definition) is 3. The number of benzene rings is 1. The van der Waals surface area contributed by atoms with Gasteiger partial charge in [-0.15, -0.1) is 0 Å². The number of nitrogens with one attached hydrogen (secondary N) is 1. The van der Waals surface area contributed by atoms with Crippen molar-refractivity contribution in [3.8, 4) is 0 Å². The minimum absolute atomic E-state index is 0.000143. The molecular formula is C19H26N4O2. The Labute approximate surface area is 148 Å². The number of carbonyl (C=O) groups excluding carboxylic acids is 1. The van der Waals surface area contributed by atoms with Crippen molar-refractivity contribution in [2.24, 2.45) is 13.0 Å². The van der Waals surface area contributed by atoms with Crippen molar-refractivity contribution in [2.75, 3.05) is 18.4 Å². The second-order valence-electron chi connectivity index (χ2n) is 7.00. The van der Waals surface area contributed by atoms with Crippen LogP contribution in [0.1, 0.15) is 35.9 Å². The molecule has 2 amide bonds. The van der Waals surface area contributed by atoms with Crippen LogP contribution in [0.25, 0.3) is 0 Å². The van der Waals surface area contributed by atoms with E-state index in [9.17, 15) is 9.90 Å². The highest BCUT2D eigenvalue weighted by Gasteiger charge is 2.31. The number of urea groups is 1. The van der Waals surface area contributed by atoms with Gasteiger partial charge in [0.15, 0.2) is 0 Å². The van der Waals surface area contributed by atoms with Crippen LogP contribution in [0.3, 0.4) is 0 Å². The number of amides is 2. The van der Waals surface area contributed by atoms with Crippen molar-refractivity contribution < 1.29 is 9.90 Å². The molecule has 25 heavy (non-hydrogen) atoms. The SMILES string of the molecule is Cc1cc(C)cc(NC(=O)N2CCCC(C(O)c3nccn3C)C2)c1. The first-order chi connectivity index (χ1) is 11.9. The normalized spacial score (nSPS) is 18.9. The first-order valence-corrected chi connectivity index (χ1v) is 8.73. The predicted molar refractivity (Wildman–Crippen MR) is 97.4 cm³/mol. The summed E-state index contributed by atoms with van der Waals surface area (Å²) in [4.78, 5) is 18.7. The third-order valence-corrected chi connectivity index (χ3v) is 4.79. The monoisotopic (exact) mass is 342 g/mol. The summed E-state index contributed by atoms with van der Waals surface area (Å²) in [6.45, 7) is 5.27. The molecule has 1 aliphatic rings. The Morgan fingerprint density at radius 2 is 2.04 bits per heavy atom. The second kappa shape index (κ2) is 7.27. The quantitative estimate of drug-likeness (QED) is 0.901. The van der Waals surface area contributed by atoms with E-state index in [1.165, 1.54) is 0 Å². The summed E-state index contributed by atoms with van der Waals surface area (Å²) in [5.74, 6) is 0.654. The van der Waals surface area contributed by atoms with Crippen LogP contribution in [-0.2, 0) is 7.05 Å². The van der Waals surface area contributed by atoms with Crippen LogP contribution < -0.4 is 5.32 Å². The molecule has 0 aliphatic carbocycles. The number of aliphatic hydroxyl groups excluding tert-OH is 1. The largest absolute Gasteiger partial charge is 0.385 e. The van der Waals surface area contributed by atoms with Gasteiger partial charge in [-0.3, -0.25) is 0 Å². The molecule has 0 saturated carbocycles. The Balaban J connectivity index is 1.66. The number of aryl methyl sites for hydroxylation is 3. The number of carbonyl (C=O) groups is 1. The van der Waals surface area contributed by atoms with E-state index in [1.54, 1.807) is 11.1 Å². The highest BCUT2D eigenvalue weighted by molar-refractivity contribution is 5.89. The van der Waals surface area contributed by atoms with Crippen LogP contribution in [0, 0.1) is 19.8 Å². The van der Waals surface area contributed by atoms with E-state index in [-0.39, 0.29) is 11.9 Å². The van der Waals surface area contributed by atoms with Crippen LogP contribution >= 0.6 is 0 Å². The molecule has 2 aromatic rings.